The van der Waals surface area contributed by atoms with Crippen molar-refractivity contribution in [3.8, 4) is 0 Å². The van der Waals surface area contributed by atoms with Gasteiger partial charge in [0.25, 0.3) is 0 Å². The van der Waals surface area contributed by atoms with E-state index >= 15 is 0 Å². The van der Waals surface area contributed by atoms with Crippen LogP contribution in [0, 0.1) is 13.8 Å². The van der Waals surface area contributed by atoms with Crippen LogP contribution < -0.4 is 5.63 Å². The van der Waals surface area contributed by atoms with Gasteiger partial charge in [0.15, 0.2) is 0 Å². The van der Waals surface area contributed by atoms with Crippen LogP contribution in [0.25, 0.3) is 12.2 Å². The van der Waals surface area contributed by atoms with Crippen molar-refractivity contribution < 1.29 is 4.42 Å². The first-order valence-corrected chi connectivity index (χ1v) is 5.51. The van der Waals surface area contributed by atoms with Crippen LogP contribution >= 0.6 is 0 Å². The zero-order valence-electron chi connectivity index (χ0n) is 9.94. The maximum absolute atomic E-state index is 11.5. The molecule has 1 aromatic heterocycles. The van der Waals surface area contributed by atoms with E-state index in [1.165, 1.54) is 0 Å². The van der Waals surface area contributed by atoms with Crippen molar-refractivity contribution >= 4 is 12.2 Å². The van der Waals surface area contributed by atoms with Gasteiger partial charge in [-0.05, 0) is 37.1 Å². The van der Waals surface area contributed by atoms with E-state index < -0.39 is 0 Å². The van der Waals surface area contributed by atoms with Crippen LogP contribution in [0.3, 0.4) is 0 Å². The molecule has 0 unspecified atom stereocenters. The lowest BCUT2D eigenvalue weighted by atomic mass is 10.1. The van der Waals surface area contributed by atoms with Gasteiger partial charge < -0.3 is 4.42 Å². The quantitative estimate of drug-likeness (QED) is 0.785. The molecule has 1 aromatic carbocycles. The number of hydrogen-bond acceptors (Lipinski definition) is 2. The molecule has 0 spiro atoms. The van der Waals surface area contributed by atoms with E-state index in [4.69, 9.17) is 4.42 Å². The molecule has 2 nitrogen and oxygen atoms in total. The molecule has 0 radical (unpaired) electrons. The molecule has 0 atom stereocenters. The SMILES string of the molecule is Cc1cc(/C=C/c2ccccc2)oc(=O)c1C. The van der Waals surface area contributed by atoms with E-state index in [1.807, 2.05) is 55.5 Å². The van der Waals surface area contributed by atoms with Crippen molar-refractivity contribution in [3.05, 3.63) is 69.3 Å². The summed E-state index contributed by atoms with van der Waals surface area (Å²) >= 11 is 0. The van der Waals surface area contributed by atoms with Crippen LogP contribution in [0.4, 0.5) is 0 Å². The molecule has 2 heteroatoms. The molecule has 2 aromatic rings. The van der Waals surface area contributed by atoms with Gasteiger partial charge in [-0.2, -0.15) is 0 Å². The predicted octanol–water partition coefficient (Wildman–Crippen LogP) is 3.43. The topological polar surface area (TPSA) is 30.2 Å². The number of benzene rings is 1. The highest BCUT2D eigenvalue weighted by molar-refractivity contribution is 5.67. The second-order valence-corrected chi connectivity index (χ2v) is 3.99. The highest BCUT2D eigenvalue weighted by Crippen LogP contribution is 2.09. The van der Waals surface area contributed by atoms with Crippen molar-refractivity contribution in [2.45, 2.75) is 13.8 Å². The van der Waals surface area contributed by atoms with Gasteiger partial charge in [-0.1, -0.05) is 36.4 Å². The first kappa shape index (κ1) is 11.4. The fourth-order valence-corrected chi connectivity index (χ4v) is 1.52. The molecule has 0 aliphatic rings. The zero-order chi connectivity index (χ0) is 12.3. The van der Waals surface area contributed by atoms with Gasteiger partial charge in [0, 0.05) is 5.56 Å². The summed E-state index contributed by atoms with van der Waals surface area (Å²) in [7, 11) is 0. The van der Waals surface area contributed by atoms with Crippen molar-refractivity contribution in [2.75, 3.05) is 0 Å². The molecule has 0 saturated carbocycles. The Kier molecular flexibility index (Phi) is 3.24. The van der Waals surface area contributed by atoms with Gasteiger partial charge in [-0.15, -0.1) is 0 Å². The minimum Gasteiger partial charge on any atom is -0.423 e. The van der Waals surface area contributed by atoms with Crippen LogP contribution in [0.2, 0.25) is 0 Å². The predicted molar refractivity (Wildman–Crippen MR) is 69.8 cm³/mol. The first-order chi connectivity index (χ1) is 8.16. The highest BCUT2D eigenvalue weighted by Gasteiger charge is 2.01. The van der Waals surface area contributed by atoms with Crippen LogP contribution in [0.5, 0.6) is 0 Å². The molecule has 86 valence electrons. The monoisotopic (exact) mass is 226 g/mol. The van der Waals surface area contributed by atoms with Gasteiger partial charge in [0.05, 0.1) is 0 Å². The fraction of sp³-hybridized carbons (Fsp3) is 0.133. The van der Waals surface area contributed by atoms with Gasteiger partial charge in [-0.3, -0.25) is 0 Å². The highest BCUT2D eigenvalue weighted by atomic mass is 16.4. The van der Waals surface area contributed by atoms with E-state index in [9.17, 15) is 4.79 Å². The summed E-state index contributed by atoms with van der Waals surface area (Å²) in [6.45, 7) is 3.68. The lowest BCUT2D eigenvalue weighted by Gasteiger charge is -1.99. The minimum atomic E-state index is -0.266. The lowest BCUT2D eigenvalue weighted by Crippen LogP contribution is -2.05. The third-order valence-corrected chi connectivity index (χ3v) is 2.71. The molecule has 17 heavy (non-hydrogen) atoms. The van der Waals surface area contributed by atoms with Gasteiger partial charge >= 0.3 is 5.63 Å². The summed E-state index contributed by atoms with van der Waals surface area (Å²) < 4.78 is 5.17. The molecular weight excluding hydrogens is 212 g/mol. The van der Waals surface area contributed by atoms with Gasteiger partial charge in [0.2, 0.25) is 0 Å². The van der Waals surface area contributed by atoms with Crippen molar-refractivity contribution in [1.29, 1.82) is 0 Å². The lowest BCUT2D eigenvalue weighted by molar-refractivity contribution is 0.494. The standard InChI is InChI=1S/C15H14O2/c1-11-10-14(17-15(16)12(11)2)9-8-13-6-4-3-5-7-13/h3-10H,1-2H3/b9-8+. The maximum atomic E-state index is 11.5. The summed E-state index contributed by atoms with van der Waals surface area (Å²) in [5.41, 5.74) is 2.43. The van der Waals surface area contributed by atoms with E-state index in [0.29, 0.717) is 11.3 Å². The van der Waals surface area contributed by atoms with Gasteiger partial charge in [0.1, 0.15) is 5.76 Å². The van der Waals surface area contributed by atoms with Crippen LogP contribution in [-0.2, 0) is 0 Å². The van der Waals surface area contributed by atoms with Crippen LogP contribution in [0.1, 0.15) is 22.5 Å². The summed E-state index contributed by atoms with van der Waals surface area (Å²) in [5, 5.41) is 0. The normalized spacial score (nSPS) is 10.9. The van der Waals surface area contributed by atoms with E-state index in [1.54, 1.807) is 6.92 Å². The second kappa shape index (κ2) is 4.83. The maximum Gasteiger partial charge on any atom is 0.339 e. The van der Waals surface area contributed by atoms with Crippen LogP contribution in [0.15, 0.2) is 45.6 Å². The number of hydrogen-bond donors (Lipinski definition) is 0. The number of aryl methyl sites for hydroxylation is 1. The second-order valence-electron chi connectivity index (χ2n) is 3.99. The van der Waals surface area contributed by atoms with Crippen molar-refractivity contribution in [2.24, 2.45) is 0 Å². The van der Waals surface area contributed by atoms with E-state index in [-0.39, 0.29) is 5.63 Å². The Hall–Kier alpha value is -2.09. The van der Waals surface area contributed by atoms with Gasteiger partial charge in [-0.25, -0.2) is 4.79 Å². The molecular formula is C15H14O2. The smallest absolute Gasteiger partial charge is 0.339 e. The minimum absolute atomic E-state index is 0.266. The molecule has 2 rings (SSSR count). The van der Waals surface area contributed by atoms with E-state index in [0.717, 1.165) is 11.1 Å². The molecule has 0 fully saturated rings. The molecule has 0 N–H and O–H groups in total. The van der Waals surface area contributed by atoms with Crippen molar-refractivity contribution in [1.82, 2.24) is 0 Å². The Balaban J connectivity index is 2.31. The average molecular weight is 226 g/mol. The Morgan fingerprint density at radius 1 is 1.06 bits per heavy atom. The first-order valence-electron chi connectivity index (χ1n) is 5.51. The number of rotatable bonds is 2. The summed E-state index contributed by atoms with van der Waals surface area (Å²) in [6.07, 6.45) is 3.73. The molecule has 0 saturated heterocycles. The Labute approximate surface area is 100 Å². The Morgan fingerprint density at radius 3 is 2.41 bits per heavy atom. The largest absolute Gasteiger partial charge is 0.423 e. The average Bonchev–Trinajstić information content (AvgIpc) is 2.34. The van der Waals surface area contributed by atoms with E-state index in [2.05, 4.69) is 0 Å². The Morgan fingerprint density at radius 2 is 1.76 bits per heavy atom. The molecule has 0 aliphatic carbocycles. The third-order valence-electron chi connectivity index (χ3n) is 2.71. The summed E-state index contributed by atoms with van der Waals surface area (Å²) in [4.78, 5) is 11.5. The molecule has 0 bridgehead atoms. The fourth-order valence-electron chi connectivity index (χ4n) is 1.52. The van der Waals surface area contributed by atoms with Crippen LogP contribution in [-0.4, -0.2) is 0 Å². The molecule has 1 heterocycles. The third kappa shape index (κ3) is 2.72. The van der Waals surface area contributed by atoms with Crippen molar-refractivity contribution in [3.63, 3.8) is 0 Å². The zero-order valence-corrected chi connectivity index (χ0v) is 9.94. The Bertz CT molecular complexity index is 592. The molecule has 0 amide bonds. The summed E-state index contributed by atoms with van der Waals surface area (Å²) in [5.74, 6) is 0.585. The molecule has 0 aliphatic heterocycles. The summed E-state index contributed by atoms with van der Waals surface area (Å²) in [6, 6.07) is 11.8.